The summed E-state index contributed by atoms with van der Waals surface area (Å²) >= 11 is 0. The number of benzene rings is 3. The minimum absolute atomic E-state index is 0.110. The largest absolute Gasteiger partial charge is 0.339 e. The van der Waals surface area contributed by atoms with Gasteiger partial charge in [-0.2, -0.15) is 4.72 Å². The molecule has 1 aliphatic heterocycles. The highest BCUT2D eigenvalue weighted by Gasteiger charge is 2.31. The van der Waals surface area contributed by atoms with Crippen molar-refractivity contribution < 1.29 is 13.2 Å². The van der Waals surface area contributed by atoms with E-state index in [4.69, 9.17) is 0 Å². The van der Waals surface area contributed by atoms with E-state index in [-0.39, 0.29) is 16.8 Å². The lowest BCUT2D eigenvalue weighted by molar-refractivity contribution is -0.134. The van der Waals surface area contributed by atoms with Crippen molar-refractivity contribution in [3.05, 3.63) is 102 Å². The zero-order valence-corrected chi connectivity index (χ0v) is 19.5. The van der Waals surface area contributed by atoms with Crippen LogP contribution in [-0.2, 0) is 14.8 Å². The molecule has 1 atom stereocenters. The van der Waals surface area contributed by atoms with Crippen molar-refractivity contribution in [2.24, 2.45) is 0 Å². The van der Waals surface area contributed by atoms with Crippen LogP contribution in [0.1, 0.15) is 24.1 Å². The molecule has 0 unspecified atom stereocenters. The van der Waals surface area contributed by atoms with E-state index in [1.165, 1.54) is 23.3 Å². The van der Waals surface area contributed by atoms with Gasteiger partial charge in [0.15, 0.2) is 0 Å². The van der Waals surface area contributed by atoms with Crippen LogP contribution in [0.25, 0.3) is 0 Å². The van der Waals surface area contributed by atoms with Crippen LogP contribution >= 0.6 is 0 Å². The van der Waals surface area contributed by atoms with Crippen LogP contribution in [0.5, 0.6) is 0 Å². The fourth-order valence-corrected chi connectivity index (χ4v) is 5.53. The molecule has 3 aromatic carbocycles. The Kier molecular flexibility index (Phi) is 7.23. The first-order chi connectivity index (χ1) is 16.0. The Labute approximate surface area is 195 Å². The van der Waals surface area contributed by atoms with E-state index >= 15 is 0 Å². The van der Waals surface area contributed by atoms with E-state index in [0.717, 1.165) is 0 Å². The summed E-state index contributed by atoms with van der Waals surface area (Å²) in [4.78, 5) is 17.3. The average Bonchev–Trinajstić information content (AvgIpc) is 2.86. The van der Waals surface area contributed by atoms with Gasteiger partial charge in [-0.3, -0.25) is 9.69 Å². The Balaban J connectivity index is 1.42. The summed E-state index contributed by atoms with van der Waals surface area (Å²) in [5.74, 6) is -0.204. The van der Waals surface area contributed by atoms with Gasteiger partial charge in [0.2, 0.25) is 15.9 Å². The first kappa shape index (κ1) is 23.2. The Morgan fingerprint density at radius 2 is 1.21 bits per heavy atom. The van der Waals surface area contributed by atoms with Crippen LogP contribution in [0, 0.1) is 0 Å². The lowest BCUT2D eigenvalue weighted by atomic mass is 9.96. The van der Waals surface area contributed by atoms with Crippen LogP contribution < -0.4 is 4.72 Å². The molecule has 172 valence electrons. The van der Waals surface area contributed by atoms with Gasteiger partial charge in [-0.1, -0.05) is 78.9 Å². The van der Waals surface area contributed by atoms with Crippen LogP contribution in [0.15, 0.2) is 95.9 Å². The Morgan fingerprint density at radius 3 is 1.70 bits per heavy atom. The predicted octanol–water partition coefficient (Wildman–Crippen LogP) is 3.29. The first-order valence-corrected chi connectivity index (χ1v) is 12.6. The second-order valence-corrected chi connectivity index (χ2v) is 9.96. The van der Waals surface area contributed by atoms with Crippen molar-refractivity contribution in [2.45, 2.75) is 23.9 Å². The number of rotatable bonds is 7. The molecule has 0 spiro atoms. The molecule has 1 heterocycles. The molecule has 1 N–H and O–H groups in total. The molecular weight excluding hydrogens is 434 g/mol. The summed E-state index contributed by atoms with van der Waals surface area (Å²) in [6, 6.07) is 28.2. The smallest absolute Gasteiger partial charge is 0.241 e. The summed E-state index contributed by atoms with van der Waals surface area (Å²) in [5.41, 5.74) is 2.43. The predicted molar refractivity (Wildman–Crippen MR) is 129 cm³/mol. The fraction of sp³-hybridized carbons (Fsp3) is 0.269. The van der Waals surface area contributed by atoms with E-state index in [9.17, 15) is 13.2 Å². The Morgan fingerprint density at radius 1 is 0.758 bits per heavy atom. The number of hydrogen-bond acceptors (Lipinski definition) is 4. The van der Waals surface area contributed by atoms with Crippen LogP contribution in [-0.4, -0.2) is 56.3 Å². The molecule has 4 rings (SSSR count). The highest BCUT2D eigenvalue weighted by atomic mass is 32.2. The van der Waals surface area contributed by atoms with Crippen molar-refractivity contribution in [3.8, 4) is 0 Å². The summed E-state index contributed by atoms with van der Waals surface area (Å²) in [7, 11) is -3.75. The molecule has 7 heteroatoms. The second kappa shape index (κ2) is 10.3. The zero-order valence-electron chi connectivity index (χ0n) is 18.7. The van der Waals surface area contributed by atoms with Crippen molar-refractivity contribution >= 4 is 15.9 Å². The first-order valence-electron chi connectivity index (χ1n) is 11.2. The number of carbonyl (C=O) groups excluding carboxylic acids is 1. The van der Waals surface area contributed by atoms with E-state index in [2.05, 4.69) is 33.9 Å². The molecule has 33 heavy (non-hydrogen) atoms. The van der Waals surface area contributed by atoms with Crippen molar-refractivity contribution in [1.29, 1.82) is 0 Å². The molecular formula is C26H29N3O3S. The fourth-order valence-electron chi connectivity index (χ4n) is 4.31. The number of hydrogen-bond donors (Lipinski definition) is 1. The van der Waals surface area contributed by atoms with Crippen molar-refractivity contribution in [2.75, 3.05) is 26.2 Å². The molecule has 0 aliphatic carbocycles. The molecule has 0 aromatic heterocycles. The normalized spacial score (nSPS) is 16.0. The van der Waals surface area contributed by atoms with Gasteiger partial charge in [-0.25, -0.2) is 8.42 Å². The van der Waals surface area contributed by atoms with Crippen LogP contribution in [0.4, 0.5) is 0 Å². The van der Waals surface area contributed by atoms with Crippen LogP contribution in [0.2, 0.25) is 0 Å². The molecule has 6 nitrogen and oxygen atoms in total. The minimum atomic E-state index is -3.75. The average molecular weight is 464 g/mol. The number of sulfonamides is 1. The quantitative estimate of drug-likeness (QED) is 0.584. The van der Waals surface area contributed by atoms with Crippen molar-refractivity contribution in [1.82, 2.24) is 14.5 Å². The highest BCUT2D eigenvalue weighted by molar-refractivity contribution is 7.89. The van der Waals surface area contributed by atoms with Crippen LogP contribution in [0.3, 0.4) is 0 Å². The summed E-state index contributed by atoms with van der Waals surface area (Å²) in [5, 5.41) is 0. The maximum absolute atomic E-state index is 13.0. The molecule has 0 bridgehead atoms. The van der Waals surface area contributed by atoms with Gasteiger partial charge in [0, 0.05) is 26.2 Å². The van der Waals surface area contributed by atoms with Gasteiger partial charge < -0.3 is 4.90 Å². The SMILES string of the molecule is C[C@H](NS(=O)(=O)c1ccccc1)C(=O)N1CCN(C(c2ccccc2)c2ccccc2)CC1. The summed E-state index contributed by atoms with van der Waals surface area (Å²) in [6.45, 7) is 4.11. The van der Waals surface area contributed by atoms with Gasteiger partial charge >= 0.3 is 0 Å². The molecule has 0 radical (unpaired) electrons. The molecule has 0 saturated carbocycles. The second-order valence-electron chi connectivity index (χ2n) is 8.24. The van der Waals surface area contributed by atoms with Gasteiger partial charge in [-0.05, 0) is 30.2 Å². The number of piperazine rings is 1. The number of carbonyl (C=O) groups is 1. The number of nitrogens with one attached hydrogen (secondary N) is 1. The van der Waals surface area contributed by atoms with E-state index in [1.807, 2.05) is 36.4 Å². The molecule has 1 aliphatic rings. The minimum Gasteiger partial charge on any atom is -0.339 e. The third-order valence-corrected chi connectivity index (χ3v) is 7.53. The van der Waals surface area contributed by atoms with Gasteiger partial charge in [0.25, 0.3) is 0 Å². The van der Waals surface area contributed by atoms with E-state index in [0.29, 0.717) is 26.2 Å². The Hall–Kier alpha value is -3.00. The molecule has 3 aromatic rings. The van der Waals surface area contributed by atoms with Gasteiger partial charge in [0.05, 0.1) is 17.0 Å². The lowest BCUT2D eigenvalue weighted by Gasteiger charge is -2.40. The molecule has 1 amide bonds. The monoisotopic (exact) mass is 463 g/mol. The highest BCUT2D eigenvalue weighted by Crippen LogP contribution is 2.29. The van der Waals surface area contributed by atoms with Gasteiger partial charge in [-0.15, -0.1) is 0 Å². The summed E-state index contributed by atoms with van der Waals surface area (Å²) < 4.78 is 27.7. The maximum atomic E-state index is 13.0. The zero-order chi connectivity index (χ0) is 23.3. The number of amides is 1. The third-order valence-electron chi connectivity index (χ3n) is 5.98. The lowest BCUT2D eigenvalue weighted by Crippen LogP contribution is -2.54. The summed E-state index contributed by atoms with van der Waals surface area (Å²) in [6.07, 6.45) is 0. The Bertz CT molecular complexity index is 1110. The topological polar surface area (TPSA) is 69.7 Å². The van der Waals surface area contributed by atoms with E-state index < -0.39 is 16.1 Å². The van der Waals surface area contributed by atoms with E-state index in [1.54, 1.807) is 30.0 Å². The molecule has 1 fully saturated rings. The third kappa shape index (κ3) is 5.50. The number of nitrogens with zero attached hydrogens (tertiary/aromatic N) is 2. The van der Waals surface area contributed by atoms with Gasteiger partial charge in [0.1, 0.15) is 0 Å². The van der Waals surface area contributed by atoms with Crippen molar-refractivity contribution in [3.63, 3.8) is 0 Å². The maximum Gasteiger partial charge on any atom is 0.241 e. The molecule has 1 saturated heterocycles. The standard InChI is InChI=1S/C26H29N3O3S/c1-21(27-33(31,32)24-15-9-4-10-16-24)26(30)29-19-17-28(18-20-29)25(22-11-5-2-6-12-22)23-13-7-3-8-14-23/h2-16,21,25,27H,17-20H2,1H3/t21-/m0/s1.